The van der Waals surface area contributed by atoms with Gasteiger partial charge in [0.2, 0.25) is 11.8 Å². The van der Waals surface area contributed by atoms with E-state index in [4.69, 9.17) is 19.5 Å². The lowest BCUT2D eigenvalue weighted by Gasteiger charge is -2.41. The molecular weight excluding hydrogens is 759 g/mol. The van der Waals surface area contributed by atoms with E-state index in [1.807, 2.05) is 49.9 Å². The second-order valence-corrected chi connectivity index (χ2v) is 17.4. The Morgan fingerprint density at radius 2 is 1.28 bits per heavy atom. The summed E-state index contributed by atoms with van der Waals surface area (Å²) in [7, 11) is 2.63. The molecule has 1 aromatic heterocycles. The van der Waals surface area contributed by atoms with Crippen LogP contribution in [0.15, 0.2) is 53.8 Å². The summed E-state index contributed by atoms with van der Waals surface area (Å²) in [5.41, 5.74) is 10.9. The number of ether oxygens (including phenoxy) is 2. The number of nitrogens with one attached hydrogen (secondary N) is 3. The number of alkyl carbamates (subject to hydrolysis) is 2. The van der Waals surface area contributed by atoms with Crippen LogP contribution in [0.1, 0.15) is 137 Å². The molecule has 9 rings (SSSR count). The van der Waals surface area contributed by atoms with E-state index in [-0.39, 0.29) is 35.7 Å². The topological polar surface area (TPSA) is 158 Å². The van der Waals surface area contributed by atoms with Gasteiger partial charge in [0.1, 0.15) is 17.9 Å². The van der Waals surface area contributed by atoms with Crippen molar-refractivity contribution in [3.63, 3.8) is 0 Å². The molecule has 4 heterocycles. The van der Waals surface area contributed by atoms with Crippen LogP contribution in [0.4, 0.5) is 9.59 Å². The number of hydrogen-bond acceptors (Lipinski definition) is 8. The van der Waals surface area contributed by atoms with Crippen LogP contribution in [0, 0.1) is 11.8 Å². The molecule has 3 aliphatic carbocycles. The number of H-pyrrole nitrogens is 1. The molecule has 13 heteroatoms. The molecule has 60 heavy (non-hydrogen) atoms. The van der Waals surface area contributed by atoms with Gasteiger partial charge in [-0.3, -0.25) is 14.6 Å². The number of hydrogen-bond donors (Lipinski definition) is 3. The van der Waals surface area contributed by atoms with E-state index in [1.165, 1.54) is 47.6 Å². The minimum Gasteiger partial charge on any atom is -0.453 e. The molecule has 0 saturated carbocycles. The Bertz CT molecular complexity index is 2210. The molecule has 2 saturated heterocycles. The molecule has 4 amide bonds. The molecule has 0 radical (unpaired) electrons. The molecule has 0 spiro atoms. The van der Waals surface area contributed by atoms with Gasteiger partial charge in [-0.1, -0.05) is 70.9 Å². The summed E-state index contributed by atoms with van der Waals surface area (Å²) in [6, 6.07) is 12.2. The third kappa shape index (κ3) is 7.60. The van der Waals surface area contributed by atoms with Crippen LogP contribution in [0.2, 0.25) is 0 Å². The molecule has 2 bridgehead atoms. The lowest BCUT2D eigenvalue weighted by Crippen LogP contribution is -2.54. The summed E-state index contributed by atoms with van der Waals surface area (Å²) >= 11 is 0. The minimum absolute atomic E-state index is 0.0304. The number of aromatic amines is 1. The van der Waals surface area contributed by atoms with E-state index < -0.39 is 24.3 Å². The van der Waals surface area contributed by atoms with Gasteiger partial charge < -0.3 is 34.9 Å². The standard InChI is InChI=1S/C47H59N7O6/c1-7-26(3)41(51-46(57)59-5)44(55)53-19-9-11-39(53)37-23-30(24-48-37)28-13-15-31-34-18-17-33(35(31)21-28)32-16-14-29(22-36(32)34)38-25-49-43(50-38)40-12-10-20-54(40)45(56)42(27(4)8-2)52-47(58)60-6/h13-16,21-22,24-27,33-34,39-42H,7-12,17-20,23H2,1-6H3,(H,49,50)(H,51,57)(H,52,58)/t26-,27-,33?,34?,39-,40-,41-,42-/m0/s1. The molecule has 3 aromatic rings. The number of aliphatic imine (C=N–C) groups is 1. The second-order valence-electron chi connectivity index (χ2n) is 17.4. The highest BCUT2D eigenvalue weighted by Crippen LogP contribution is 2.54. The average Bonchev–Trinajstić information content (AvgIpc) is 4.13. The Kier molecular flexibility index (Phi) is 11.9. The van der Waals surface area contributed by atoms with Crippen LogP contribution < -0.4 is 10.6 Å². The third-order valence-electron chi connectivity index (χ3n) is 14.1. The van der Waals surface area contributed by atoms with Crippen molar-refractivity contribution in [3.05, 3.63) is 82.4 Å². The Morgan fingerprint density at radius 3 is 1.85 bits per heavy atom. The van der Waals surface area contributed by atoms with Crippen LogP contribution >= 0.6 is 0 Å². The zero-order valence-corrected chi connectivity index (χ0v) is 35.8. The highest BCUT2D eigenvalue weighted by Gasteiger charge is 2.42. The van der Waals surface area contributed by atoms with E-state index in [0.29, 0.717) is 31.3 Å². The van der Waals surface area contributed by atoms with Gasteiger partial charge in [-0.2, -0.15) is 0 Å². The van der Waals surface area contributed by atoms with Gasteiger partial charge in [-0.25, -0.2) is 14.6 Å². The number of likely N-dealkylation sites (tertiary alicyclic amines) is 2. The molecule has 3 aliphatic heterocycles. The number of carbonyl (C=O) groups is 4. The Morgan fingerprint density at radius 1 is 0.750 bits per heavy atom. The fourth-order valence-corrected chi connectivity index (χ4v) is 10.3. The van der Waals surface area contributed by atoms with E-state index in [0.717, 1.165) is 74.2 Å². The fourth-order valence-electron chi connectivity index (χ4n) is 10.3. The van der Waals surface area contributed by atoms with Crippen molar-refractivity contribution in [1.29, 1.82) is 0 Å². The lowest BCUT2D eigenvalue weighted by atomic mass is 9.63. The maximum atomic E-state index is 13.9. The van der Waals surface area contributed by atoms with Gasteiger partial charge in [0.05, 0.1) is 38.2 Å². The number of benzene rings is 2. The first kappa shape index (κ1) is 41.3. The number of allylic oxidation sites excluding steroid dienone is 1. The predicted molar refractivity (Wildman–Crippen MR) is 229 cm³/mol. The third-order valence-corrected chi connectivity index (χ3v) is 14.1. The summed E-state index contributed by atoms with van der Waals surface area (Å²) in [6.45, 7) is 9.26. The van der Waals surface area contributed by atoms with E-state index in [9.17, 15) is 19.2 Å². The maximum Gasteiger partial charge on any atom is 0.407 e. The van der Waals surface area contributed by atoms with Gasteiger partial charge >= 0.3 is 12.2 Å². The summed E-state index contributed by atoms with van der Waals surface area (Å²) in [5, 5.41) is 5.57. The molecule has 2 fully saturated rings. The lowest BCUT2D eigenvalue weighted by molar-refractivity contribution is -0.136. The van der Waals surface area contributed by atoms with Crippen molar-refractivity contribution in [2.24, 2.45) is 16.8 Å². The molecule has 318 valence electrons. The van der Waals surface area contributed by atoms with Gasteiger partial charge in [-0.15, -0.1) is 0 Å². The zero-order valence-electron chi connectivity index (χ0n) is 35.8. The number of aromatic nitrogens is 2. The largest absolute Gasteiger partial charge is 0.453 e. The van der Waals surface area contributed by atoms with Crippen LogP contribution in [0.3, 0.4) is 0 Å². The summed E-state index contributed by atoms with van der Waals surface area (Å²) in [6.07, 6.45) is 10.5. The Balaban J connectivity index is 0.961. The number of nitrogens with zero attached hydrogens (tertiary/aromatic N) is 4. The van der Waals surface area contributed by atoms with Crippen molar-refractivity contribution in [1.82, 2.24) is 30.4 Å². The first-order chi connectivity index (χ1) is 29.0. The summed E-state index contributed by atoms with van der Waals surface area (Å²) < 4.78 is 9.69. The van der Waals surface area contributed by atoms with Crippen molar-refractivity contribution < 1.29 is 28.7 Å². The van der Waals surface area contributed by atoms with Gasteiger partial charge in [0.15, 0.2) is 0 Å². The van der Waals surface area contributed by atoms with E-state index in [1.54, 1.807) is 0 Å². The molecule has 2 unspecified atom stereocenters. The first-order valence-corrected chi connectivity index (χ1v) is 21.9. The number of amides is 4. The first-order valence-electron chi connectivity index (χ1n) is 21.9. The van der Waals surface area contributed by atoms with Gasteiger partial charge in [0.25, 0.3) is 0 Å². The number of imidazole rings is 1. The molecule has 8 atom stereocenters. The number of fused-ring (bicyclic) bond motifs is 1. The van der Waals surface area contributed by atoms with E-state index in [2.05, 4.69) is 52.0 Å². The van der Waals surface area contributed by atoms with Crippen molar-refractivity contribution >= 4 is 35.3 Å². The highest BCUT2D eigenvalue weighted by molar-refractivity contribution is 6.04. The molecule has 2 aromatic carbocycles. The molecule has 13 nitrogen and oxygen atoms in total. The van der Waals surface area contributed by atoms with Crippen molar-refractivity contribution in [2.45, 2.75) is 121 Å². The summed E-state index contributed by atoms with van der Waals surface area (Å²) in [5.74, 6) is 1.13. The smallest absolute Gasteiger partial charge is 0.407 e. The number of carbonyl (C=O) groups excluding carboxylic acids is 4. The SMILES string of the molecule is CC[C@H](C)[C@H](NC(=O)OC)C(=O)N1CCC[C@H]1C1=NC=C(c2ccc3c(c2)C2CCC3c3cc(-c4cnc([C@@H]5CCCN5C(=O)[C@@H](NC(=O)OC)[C@@H](C)CC)[nH]4)ccc32)C1. The second kappa shape index (κ2) is 17.3. The molecule has 3 N–H and O–H groups in total. The Labute approximate surface area is 352 Å². The quantitative estimate of drug-likeness (QED) is 0.168. The molecular formula is C47H59N7O6. The number of rotatable bonds is 12. The number of methoxy groups -OCH3 is 2. The van der Waals surface area contributed by atoms with Crippen molar-refractivity contribution in [3.8, 4) is 11.3 Å². The summed E-state index contributed by atoms with van der Waals surface area (Å²) in [4.78, 5) is 69.1. The van der Waals surface area contributed by atoms with Crippen LogP contribution in [-0.2, 0) is 19.1 Å². The van der Waals surface area contributed by atoms with Crippen LogP contribution in [0.5, 0.6) is 0 Å². The average molecular weight is 818 g/mol. The van der Waals surface area contributed by atoms with Gasteiger partial charge in [-0.05, 0) is 95.4 Å². The van der Waals surface area contributed by atoms with Crippen LogP contribution in [-0.4, -0.2) is 94.9 Å². The highest BCUT2D eigenvalue weighted by atomic mass is 16.5. The molecule has 6 aliphatic rings. The minimum atomic E-state index is -0.667. The predicted octanol–water partition coefficient (Wildman–Crippen LogP) is 7.83. The maximum absolute atomic E-state index is 13.9. The van der Waals surface area contributed by atoms with Crippen LogP contribution in [0.25, 0.3) is 16.8 Å². The zero-order chi connectivity index (χ0) is 42.2. The Hall–Kier alpha value is -5.46. The van der Waals surface area contributed by atoms with E-state index >= 15 is 0 Å². The fraction of sp³-hybridized carbons (Fsp3) is 0.532. The van der Waals surface area contributed by atoms with Crippen molar-refractivity contribution in [2.75, 3.05) is 27.3 Å². The monoisotopic (exact) mass is 817 g/mol. The normalized spacial score (nSPS) is 23.5. The van der Waals surface area contributed by atoms with Gasteiger partial charge in [0, 0.05) is 43.3 Å².